The molecule has 134 valence electrons. The lowest BCUT2D eigenvalue weighted by Crippen LogP contribution is -2.62. The average Bonchev–Trinajstić information content (AvgIpc) is 2.80. The number of ether oxygens (including phenoxy) is 1. The van der Waals surface area contributed by atoms with Crippen LogP contribution in [0.15, 0.2) is 18.2 Å². The highest BCUT2D eigenvalue weighted by atomic mass is 32.2. The maximum atomic E-state index is 12.8. The molecule has 2 aliphatic rings. The topological polar surface area (TPSA) is 83.9 Å². The van der Waals surface area contributed by atoms with Gasteiger partial charge in [0.05, 0.1) is 24.0 Å². The standard InChI is InChI=1S/C18H21NO5S/c1-9-6-5-7-12(24-4)13(9)11(20)8-10-15(21)19-14(17(22)23)18(2,3)25-16(10)19/h5-7,10,14,16H,8H2,1-4H3,(H,22,23)/t10-,14?,16-/m1/s1. The van der Waals surface area contributed by atoms with E-state index in [0.717, 1.165) is 5.56 Å². The van der Waals surface area contributed by atoms with Crippen molar-refractivity contribution in [3.05, 3.63) is 29.3 Å². The number of thioether (sulfide) groups is 1. The molecule has 2 heterocycles. The summed E-state index contributed by atoms with van der Waals surface area (Å²) in [6, 6.07) is 4.52. The quantitative estimate of drug-likeness (QED) is 0.639. The first-order valence-electron chi connectivity index (χ1n) is 8.08. The highest BCUT2D eigenvalue weighted by molar-refractivity contribution is 8.01. The van der Waals surface area contributed by atoms with Crippen molar-refractivity contribution in [1.82, 2.24) is 4.90 Å². The van der Waals surface area contributed by atoms with Crippen LogP contribution in [-0.2, 0) is 9.59 Å². The summed E-state index contributed by atoms with van der Waals surface area (Å²) < 4.78 is 4.70. The number of amides is 1. The summed E-state index contributed by atoms with van der Waals surface area (Å²) in [5.74, 6) is -1.39. The Hall–Kier alpha value is -2.02. The Labute approximate surface area is 150 Å². The first-order valence-corrected chi connectivity index (χ1v) is 8.96. The van der Waals surface area contributed by atoms with Crippen molar-refractivity contribution in [1.29, 1.82) is 0 Å². The Morgan fingerprint density at radius 1 is 1.36 bits per heavy atom. The lowest BCUT2D eigenvalue weighted by Gasteiger charge is -2.43. The van der Waals surface area contributed by atoms with Gasteiger partial charge < -0.3 is 14.7 Å². The molecule has 1 amide bonds. The van der Waals surface area contributed by atoms with Crippen molar-refractivity contribution in [3.8, 4) is 5.75 Å². The molecule has 0 radical (unpaired) electrons. The molecule has 0 spiro atoms. The van der Waals surface area contributed by atoms with E-state index in [1.54, 1.807) is 6.07 Å². The van der Waals surface area contributed by atoms with Gasteiger partial charge in [-0.1, -0.05) is 12.1 Å². The molecule has 2 aliphatic heterocycles. The minimum Gasteiger partial charge on any atom is -0.496 e. The normalized spacial score (nSPS) is 26.8. The molecule has 0 saturated carbocycles. The molecule has 3 rings (SSSR count). The van der Waals surface area contributed by atoms with E-state index in [0.29, 0.717) is 11.3 Å². The average molecular weight is 363 g/mol. The molecule has 0 aromatic heterocycles. The van der Waals surface area contributed by atoms with Crippen molar-refractivity contribution < 1.29 is 24.2 Å². The van der Waals surface area contributed by atoms with Crippen LogP contribution in [0.25, 0.3) is 0 Å². The molecule has 0 bridgehead atoms. The molecule has 6 nitrogen and oxygen atoms in total. The molecule has 2 fully saturated rings. The number of Topliss-reactive ketones (excluding diaryl/α,β-unsaturated/α-hetero) is 1. The fourth-order valence-electron chi connectivity index (χ4n) is 3.75. The monoisotopic (exact) mass is 363 g/mol. The SMILES string of the molecule is COc1cccc(C)c1C(=O)C[C@@H]1C(=O)N2C(C(=O)O)C(C)(C)S[C@H]12. The molecule has 1 N–H and O–H groups in total. The van der Waals surface area contributed by atoms with Gasteiger partial charge in [-0.25, -0.2) is 4.79 Å². The van der Waals surface area contributed by atoms with Gasteiger partial charge in [-0.3, -0.25) is 9.59 Å². The van der Waals surface area contributed by atoms with Crippen molar-refractivity contribution in [2.45, 2.75) is 43.4 Å². The van der Waals surface area contributed by atoms with Crippen molar-refractivity contribution in [2.75, 3.05) is 7.11 Å². The van der Waals surface area contributed by atoms with E-state index in [-0.39, 0.29) is 23.5 Å². The summed E-state index contributed by atoms with van der Waals surface area (Å²) >= 11 is 1.46. The summed E-state index contributed by atoms with van der Waals surface area (Å²) in [6.45, 7) is 5.48. The number of carboxylic acids is 1. The van der Waals surface area contributed by atoms with E-state index < -0.39 is 22.7 Å². The van der Waals surface area contributed by atoms with Crippen LogP contribution >= 0.6 is 11.8 Å². The van der Waals surface area contributed by atoms with Gasteiger partial charge in [0.15, 0.2) is 5.78 Å². The second-order valence-electron chi connectivity index (χ2n) is 6.98. The molecular weight excluding hydrogens is 342 g/mol. The molecular formula is C18H21NO5S. The third-order valence-corrected chi connectivity index (χ3v) is 6.55. The molecule has 1 aromatic carbocycles. The predicted molar refractivity (Wildman–Crippen MR) is 93.9 cm³/mol. The lowest BCUT2D eigenvalue weighted by molar-refractivity contribution is -0.163. The second kappa shape index (κ2) is 6.05. The lowest BCUT2D eigenvalue weighted by atomic mass is 9.86. The van der Waals surface area contributed by atoms with Crippen LogP contribution < -0.4 is 4.74 Å². The van der Waals surface area contributed by atoms with Crippen LogP contribution in [-0.4, -0.2) is 50.9 Å². The van der Waals surface area contributed by atoms with Crippen LogP contribution in [0.5, 0.6) is 5.75 Å². The van der Waals surface area contributed by atoms with Gasteiger partial charge in [0.25, 0.3) is 0 Å². The van der Waals surface area contributed by atoms with Gasteiger partial charge in [0.1, 0.15) is 11.8 Å². The zero-order valence-electron chi connectivity index (χ0n) is 14.6. The van der Waals surface area contributed by atoms with E-state index in [9.17, 15) is 19.5 Å². The van der Waals surface area contributed by atoms with Gasteiger partial charge in [0, 0.05) is 11.2 Å². The molecule has 7 heteroatoms. The van der Waals surface area contributed by atoms with E-state index in [2.05, 4.69) is 0 Å². The van der Waals surface area contributed by atoms with Crippen LogP contribution in [0.4, 0.5) is 0 Å². The number of benzene rings is 1. The Morgan fingerprint density at radius 2 is 2.04 bits per heavy atom. The van der Waals surface area contributed by atoms with Gasteiger partial charge in [-0.2, -0.15) is 0 Å². The molecule has 1 unspecified atom stereocenters. The minimum atomic E-state index is -1.00. The first-order chi connectivity index (χ1) is 11.7. The number of hydrogen-bond donors (Lipinski definition) is 1. The number of carboxylic acid groups (broad SMARTS) is 1. The van der Waals surface area contributed by atoms with Gasteiger partial charge >= 0.3 is 5.97 Å². The Morgan fingerprint density at radius 3 is 2.64 bits per heavy atom. The van der Waals surface area contributed by atoms with Crippen LogP contribution in [0, 0.1) is 12.8 Å². The number of ketones is 1. The summed E-state index contributed by atoms with van der Waals surface area (Å²) in [5.41, 5.74) is 1.30. The zero-order valence-corrected chi connectivity index (χ0v) is 15.4. The Balaban J connectivity index is 1.82. The van der Waals surface area contributed by atoms with E-state index in [1.807, 2.05) is 32.9 Å². The summed E-state index contributed by atoms with van der Waals surface area (Å²) in [7, 11) is 1.51. The maximum Gasteiger partial charge on any atom is 0.327 e. The number of β-lactam (4-membered cyclic amide) rings is 1. The predicted octanol–water partition coefficient (Wildman–Crippen LogP) is 2.34. The third-order valence-electron chi connectivity index (χ3n) is 4.92. The third kappa shape index (κ3) is 2.70. The number of fused-ring (bicyclic) bond motifs is 1. The largest absolute Gasteiger partial charge is 0.496 e. The fourth-order valence-corrected chi connectivity index (χ4v) is 5.43. The highest BCUT2D eigenvalue weighted by Gasteiger charge is 2.63. The smallest absolute Gasteiger partial charge is 0.327 e. The van der Waals surface area contributed by atoms with Gasteiger partial charge in [0.2, 0.25) is 5.91 Å². The van der Waals surface area contributed by atoms with E-state index in [1.165, 1.54) is 23.8 Å². The van der Waals surface area contributed by atoms with Crippen LogP contribution in [0.2, 0.25) is 0 Å². The zero-order chi connectivity index (χ0) is 18.5. The summed E-state index contributed by atoms with van der Waals surface area (Å²) in [4.78, 5) is 38.3. The number of carbonyl (C=O) groups excluding carboxylic acids is 2. The number of aliphatic carboxylic acids is 1. The van der Waals surface area contributed by atoms with Gasteiger partial charge in [-0.05, 0) is 32.4 Å². The molecule has 25 heavy (non-hydrogen) atoms. The second-order valence-corrected chi connectivity index (χ2v) is 8.75. The van der Waals surface area contributed by atoms with Crippen molar-refractivity contribution >= 4 is 29.4 Å². The van der Waals surface area contributed by atoms with Crippen molar-refractivity contribution in [2.24, 2.45) is 5.92 Å². The molecule has 0 aliphatic carbocycles. The molecule has 3 atom stereocenters. The molecule has 2 saturated heterocycles. The number of hydrogen-bond acceptors (Lipinski definition) is 5. The maximum absolute atomic E-state index is 12.8. The number of carbonyl (C=O) groups is 3. The summed E-state index contributed by atoms with van der Waals surface area (Å²) in [5, 5.41) is 9.19. The highest BCUT2D eigenvalue weighted by Crippen LogP contribution is 2.54. The Kier molecular flexibility index (Phi) is 4.31. The van der Waals surface area contributed by atoms with Crippen molar-refractivity contribution in [3.63, 3.8) is 0 Å². The minimum absolute atomic E-state index is 0.0661. The van der Waals surface area contributed by atoms with Crippen LogP contribution in [0.1, 0.15) is 36.2 Å². The first kappa shape index (κ1) is 17.8. The number of aryl methyl sites for hydroxylation is 1. The number of rotatable bonds is 5. The van der Waals surface area contributed by atoms with Crippen LogP contribution in [0.3, 0.4) is 0 Å². The van der Waals surface area contributed by atoms with E-state index >= 15 is 0 Å². The Bertz CT molecular complexity index is 760. The summed E-state index contributed by atoms with van der Waals surface area (Å²) in [6.07, 6.45) is 0.0661. The fraction of sp³-hybridized carbons (Fsp3) is 0.500. The van der Waals surface area contributed by atoms with Gasteiger partial charge in [-0.15, -0.1) is 11.8 Å². The molecule has 1 aromatic rings. The number of nitrogens with zero attached hydrogens (tertiary/aromatic N) is 1. The van der Waals surface area contributed by atoms with E-state index in [4.69, 9.17) is 4.74 Å². The number of methoxy groups -OCH3 is 1.